The van der Waals surface area contributed by atoms with Crippen molar-refractivity contribution in [3.8, 4) is 0 Å². The Kier molecular flexibility index (Phi) is 5.79. The smallest absolute Gasteiger partial charge is 0.158 e. The molecule has 21 heavy (non-hydrogen) atoms. The number of methoxy groups -OCH3 is 1. The highest BCUT2D eigenvalue weighted by Gasteiger charge is 2.30. The average Bonchev–Trinajstić information content (AvgIpc) is 2.86. The van der Waals surface area contributed by atoms with Gasteiger partial charge in [0.15, 0.2) is 5.82 Å². The Bertz CT molecular complexity index is 452. The maximum Gasteiger partial charge on any atom is 0.158 e. The molecular formula is C16H28N4O. The van der Waals surface area contributed by atoms with E-state index in [0.717, 1.165) is 36.8 Å². The molecule has 118 valence electrons. The third kappa shape index (κ3) is 3.84. The van der Waals surface area contributed by atoms with Gasteiger partial charge in [-0.3, -0.25) is 0 Å². The molecule has 5 heteroatoms. The topological polar surface area (TPSA) is 50.3 Å². The van der Waals surface area contributed by atoms with Gasteiger partial charge in [-0.05, 0) is 32.6 Å². The van der Waals surface area contributed by atoms with Crippen molar-refractivity contribution < 1.29 is 4.74 Å². The first kappa shape index (κ1) is 16.0. The Morgan fingerprint density at radius 2 is 2.14 bits per heavy atom. The Balaban J connectivity index is 2.29. The van der Waals surface area contributed by atoms with Gasteiger partial charge in [-0.2, -0.15) is 0 Å². The lowest BCUT2D eigenvalue weighted by Gasteiger charge is -2.29. The summed E-state index contributed by atoms with van der Waals surface area (Å²) >= 11 is 0. The van der Waals surface area contributed by atoms with Crippen molar-refractivity contribution in [2.24, 2.45) is 0 Å². The molecule has 0 radical (unpaired) electrons. The van der Waals surface area contributed by atoms with Crippen LogP contribution in [0.25, 0.3) is 0 Å². The second-order valence-corrected chi connectivity index (χ2v) is 5.78. The molecule has 1 fully saturated rings. The zero-order valence-electron chi connectivity index (χ0n) is 13.7. The summed E-state index contributed by atoms with van der Waals surface area (Å²) in [4.78, 5) is 11.7. The van der Waals surface area contributed by atoms with Crippen LogP contribution in [-0.2, 0) is 11.3 Å². The molecule has 1 aliphatic rings. The second-order valence-electron chi connectivity index (χ2n) is 5.78. The molecule has 1 aliphatic heterocycles. The quantitative estimate of drug-likeness (QED) is 0.836. The van der Waals surface area contributed by atoms with Gasteiger partial charge in [0.05, 0.1) is 0 Å². The summed E-state index contributed by atoms with van der Waals surface area (Å²) in [6.07, 6.45) is 4.72. The zero-order valence-corrected chi connectivity index (χ0v) is 13.7. The van der Waals surface area contributed by atoms with Gasteiger partial charge in [0.2, 0.25) is 0 Å². The first-order valence-corrected chi connectivity index (χ1v) is 8.08. The maximum absolute atomic E-state index is 5.21. The normalized spacial score (nSPS) is 21.8. The summed E-state index contributed by atoms with van der Waals surface area (Å²) < 4.78 is 5.21. The van der Waals surface area contributed by atoms with E-state index in [2.05, 4.69) is 42.0 Å². The Morgan fingerprint density at radius 1 is 1.33 bits per heavy atom. The van der Waals surface area contributed by atoms with Gasteiger partial charge in [-0.15, -0.1) is 0 Å². The number of anilines is 2. The highest BCUT2D eigenvalue weighted by molar-refractivity contribution is 5.51. The minimum Gasteiger partial charge on any atom is -0.377 e. The van der Waals surface area contributed by atoms with E-state index in [9.17, 15) is 0 Å². The number of nitrogens with zero attached hydrogens (tertiary/aromatic N) is 3. The average molecular weight is 292 g/mol. The summed E-state index contributed by atoms with van der Waals surface area (Å²) in [5, 5.41) is 3.37. The molecule has 2 unspecified atom stereocenters. The summed E-state index contributed by atoms with van der Waals surface area (Å²) in [7, 11) is 1.68. The van der Waals surface area contributed by atoms with Crippen LogP contribution < -0.4 is 10.2 Å². The Labute approximate surface area is 128 Å². The summed E-state index contributed by atoms with van der Waals surface area (Å²) in [6, 6.07) is 3.21. The number of hydrogen-bond donors (Lipinski definition) is 1. The molecule has 0 aromatic carbocycles. The zero-order chi connectivity index (χ0) is 15.2. The highest BCUT2D eigenvalue weighted by atomic mass is 16.5. The molecule has 2 rings (SSSR count). The number of nitrogens with one attached hydrogen (secondary N) is 1. The van der Waals surface area contributed by atoms with Crippen molar-refractivity contribution in [2.45, 2.75) is 65.1 Å². The first-order chi connectivity index (χ1) is 10.2. The molecule has 0 bridgehead atoms. The fourth-order valence-electron chi connectivity index (χ4n) is 3.04. The van der Waals surface area contributed by atoms with Gasteiger partial charge in [0.1, 0.15) is 18.2 Å². The van der Waals surface area contributed by atoms with E-state index in [1.165, 1.54) is 12.8 Å². The van der Waals surface area contributed by atoms with E-state index >= 15 is 0 Å². The molecule has 2 heterocycles. The third-order valence-electron chi connectivity index (χ3n) is 4.11. The van der Waals surface area contributed by atoms with E-state index in [0.29, 0.717) is 18.7 Å². The van der Waals surface area contributed by atoms with Crippen molar-refractivity contribution >= 4 is 11.6 Å². The number of ether oxygens (including phenoxy) is 1. The van der Waals surface area contributed by atoms with E-state index in [4.69, 9.17) is 9.72 Å². The van der Waals surface area contributed by atoms with Crippen LogP contribution in [-0.4, -0.2) is 35.7 Å². The third-order valence-corrected chi connectivity index (χ3v) is 4.11. The summed E-state index contributed by atoms with van der Waals surface area (Å²) in [6.45, 7) is 8.07. The van der Waals surface area contributed by atoms with Crippen LogP contribution in [0.15, 0.2) is 6.07 Å². The predicted octanol–water partition coefficient (Wildman–Crippen LogP) is 3.21. The molecule has 0 aliphatic carbocycles. The molecule has 5 nitrogen and oxygen atoms in total. The van der Waals surface area contributed by atoms with E-state index in [1.807, 2.05) is 0 Å². The van der Waals surface area contributed by atoms with Crippen molar-refractivity contribution in [3.05, 3.63) is 11.9 Å². The monoisotopic (exact) mass is 292 g/mol. The number of rotatable bonds is 7. The minimum absolute atomic E-state index is 0.452. The number of aromatic nitrogens is 2. The molecule has 1 saturated heterocycles. The molecule has 2 atom stereocenters. The molecule has 1 aromatic heterocycles. The van der Waals surface area contributed by atoms with Gasteiger partial charge < -0.3 is 15.0 Å². The first-order valence-electron chi connectivity index (χ1n) is 8.08. The van der Waals surface area contributed by atoms with Crippen molar-refractivity contribution in [3.63, 3.8) is 0 Å². The van der Waals surface area contributed by atoms with Crippen molar-refractivity contribution in [1.82, 2.24) is 9.97 Å². The number of hydrogen-bond acceptors (Lipinski definition) is 5. The SMILES string of the molecule is CCCNc1cc(N2C(C)CCC2CC)nc(COC)n1. The van der Waals surface area contributed by atoms with Crippen molar-refractivity contribution in [1.29, 1.82) is 0 Å². The molecule has 0 spiro atoms. The summed E-state index contributed by atoms with van der Waals surface area (Å²) in [5.74, 6) is 2.69. The van der Waals surface area contributed by atoms with Gasteiger partial charge in [0, 0.05) is 31.8 Å². The van der Waals surface area contributed by atoms with E-state index < -0.39 is 0 Å². The van der Waals surface area contributed by atoms with Crippen LogP contribution in [0, 0.1) is 0 Å². The fourth-order valence-corrected chi connectivity index (χ4v) is 3.04. The van der Waals surface area contributed by atoms with Gasteiger partial charge in [-0.25, -0.2) is 9.97 Å². The van der Waals surface area contributed by atoms with Gasteiger partial charge in [0.25, 0.3) is 0 Å². The van der Waals surface area contributed by atoms with Gasteiger partial charge in [-0.1, -0.05) is 13.8 Å². The lowest BCUT2D eigenvalue weighted by molar-refractivity contribution is 0.178. The van der Waals surface area contributed by atoms with Crippen LogP contribution in [0.5, 0.6) is 0 Å². The highest BCUT2D eigenvalue weighted by Crippen LogP contribution is 2.31. The molecule has 1 N–H and O–H groups in total. The predicted molar refractivity (Wildman–Crippen MR) is 86.8 cm³/mol. The Morgan fingerprint density at radius 3 is 2.81 bits per heavy atom. The molecule has 1 aromatic rings. The van der Waals surface area contributed by atoms with Crippen LogP contribution >= 0.6 is 0 Å². The van der Waals surface area contributed by atoms with E-state index in [-0.39, 0.29) is 0 Å². The minimum atomic E-state index is 0.452. The van der Waals surface area contributed by atoms with Gasteiger partial charge >= 0.3 is 0 Å². The largest absolute Gasteiger partial charge is 0.377 e. The fraction of sp³-hybridized carbons (Fsp3) is 0.750. The van der Waals surface area contributed by atoms with Crippen LogP contribution in [0.1, 0.15) is 52.3 Å². The maximum atomic E-state index is 5.21. The summed E-state index contributed by atoms with van der Waals surface area (Å²) in [5.41, 5.74) is 0. The van der Waals surface area contributed by atoms with Crippen molar-refractivity contribution in [2.75, 3.05) is 23.9 Å². The molecule has 0 saturated carbocycles. The second kappa shape index (κ2) is 7.59. The molecular weight excluding hydrogens is 264 g/mol. The Hall–Kier alpha value is -1.36. The van der Waals surface area contributed by atoms with Crippen LogP contribution in [0.2, 0.25) is 0 Å². The lowest BCUT2D eigenvalue weighted by atomic mass is 10.1. The standard InChI is InChI=1S/C16H28N4O/c1-5-9-17-14-10-16(19-15(18-14)11-21-4)20-12(3)7-8-13(20)6-2/h10,12-13H,5-9,11H2,1-4H3,(H,17,18,19). The lowest BCUT2D eigenvalue weighted by Crippen LogP contribution is -2.35. The van der Waals surface area contributed by atoms with E-state index in [1.54, 1.807) is 7.11 Å². The van der Waals surface area contributed by atoms with Crippen LogP contribution in [0.3, 0.4) is 0 Å². The molecule has 0 amide bonds. The van der Waals surface area contributed by atoms with Crippen LogP contribution in [0.4, 0.5) is 11.6 Å².